The van der Waals surface area contributed by atoms with E-state index in [0.29, 0.717) is 18.1 Å². The van der Waals surface area contributed by atoms with E-state index in [1.54, 1.807) is 13.3 Å². The van der Waals surface area contributed by atoms with Gasteiger partial charge in [0.05, 0.1) is 30.1 Å². The molecule has 0 bridgehead atoms. The van der Waals surface area contributed by atoms with Crippen molar-refractivity contribution < 1.29 is 9.47 Å². The van der Waals surface area contributed by atoms with Crippen LogP contribution in [0.2, 0.25) is 0 Å². The number of hydrogen-bond donors (Lipinski definition) is 1. The number of halogens is 1. The predicted molar refractivity (Wildman–Crippen MR) is 94.3 cm³/mol. The molecule has 0 radical (unpaired) electrons. The Morgan fingerprint density at radius 1 is 1.23 bits per heavy atom. The molecule has 5 heteroatoms. The number of benzene rings is 2. The normalized spacial score (nSPS) is 10.7. The van der Waals surface area contributed by atoms with Crippen LogP contribution in [0.15, 0.2) is 46.0 Å². The van der Waals surface area contributed by atoms with Gasteiger partial charge in [0.2, 0.25) is 0 Å². The molecule has 4 nitrogen and oxygen atoms in total. The van der Waals surface area contributed by atoms with Gasteiger partial charge in [-0.05, 0) is 59.6 Å². The maximum Gasteiger partial charge on any atom is 0.174 e. The Kier molecular flexibility index (Phi) is 5.83. The van der Waals surface area contributed by atoms with E-state index in [1.807, 2.05) is 43.3 Å². The SMILES string of the molecule is CCOc1cc(/C=N/Nc2ccc(C)cc2)cc(Br)c1OC. The molecule has 2 aromatic rings. The molecule has 0 spiro atoms. The number of methoxy groups -OCH3 is 1. The van der Waals surface area contributed by atoms with Gasteiger partial charge in [-0.25, -0.2) is 0 Å². The number of nitrogens with zero attached hydrogens (tertiary/aromatic N) is 1. The van der Waals surface area contributed by atoms with Gasteiger partial charge in [0.25, 0.3) is 0 Å². The van der Waals surface area contributed by atoms with E-state index in [4.69, 9.17) is 9.47 Å². The van der Waals surface area contributed by atoms with Crippen molar-refractivity contribution in [3.05, 3.63) is 52.0 Å². The van der Waals surface area contributed by atoms with Crippen molar-refractivity contribution in [2.45, 2.75) is 13.8 Å². The Bertz CT molecular complexity index is 654. The van der Waals surface area contributed by atoms with Crippen LogP contribution < -0.4 is 14.9 Å². The smallest absolute Gasteiger partial charge is 0.174 e. The van der Waals surface area contributed by atoms with Crippen molar-refractivity contribution in [3.63, 3.8) is 0 Å². The third kappa shape index (κ3) is 4.24. The number of hydrogen-bond acceptors (Lipinski definition) is 4. The molecule has 0 fully saturated rings. The van der Waals surface area contributed by atoms with Crippen LogP contribution in [0.25, 0.3) is 0 Å². The Morgan fingerprint density at radius 2 is 1.95 bits per heavy atom. The number of ether oxygens (including phenoxy) is 2. The van der Waals surface area contributed by atoms with E-state index in [-0.39, 0.29) is 0 Å². The Balaban J connectivity index is 2.14. The van der Waals surface area contributed by atoms with Crippen LogP contribution in [-0.4, -0.2) is 19.9 Å². The lowest BCUT2D eigenvalue weighted by Gasteiger charge is -2.11. The predicted octanol–water partition coefficient (Wildman–Crippen LogP) is 4.61. The second-order valence-electron chi connectivity index (χ2n) is 4.70. The minimum Gasteiger partial charge on any atom is -0.492 e. The van der Waals surface area contributed by atoms with Crippen LogP contribution in [0, 0.1) is 6.92 Å². The first-order valence-corrected chi connectivity index (χ1v) is 7.79. The molecule has 2 aromatic carbocycles. The third-order valence-corrected chi connectivity index (χ3v) is 3.58. The number of nitrogens with one attached hydrogen (secondary N) is 1. The lowest BCUT2D eigenvalue weighted by Crippen LogP contribution is -1.98. The maximum absolute atomic E-state index is 5.59. The zero-order valence-corrected chi connectivity index (χ0v) is 14.5. The molecule has 0 saturated carbocycles. The first kappa shape index (κ1) is 16.4. The van der Waals surface area contributed by atoms with Crippen LogP contribution in [0.3, 0.4) is 0 Å². The topological polar surface area (TPSA) is 42.8 Å². The third-order valence-electron chi connectivity index (χ3n) is 2.99. The molecule has 116 valence electrons. The fourth-order valence-corrected chi connectivity index (χ4v) is 2.55. The second kappa shape index (κ2) is 7.84. The molecule has 0 aromatic heterocycles. The molecule has 0 amide bonds. The van der Waals surface area contributed by atoms with Crippen LogP contribution >= 0.6 is 15.9 Å². The van der Waals surface area contributed by atoms with Gasteiger partial charge >= 0.3 is 0 Å². The van der Waals surface area contributed by atoms with Crippen molar-refractivity contribution in [1.29, 1.82) is 0 Å². The van der Waals surface area contributed by atoms with Gasteiger partial charge in [0, 0.05) is 0 Å². The summed E-state index contributed by atoms with van der Waals surface area (Å²) in [5.74, 6) is 1.38. The Morgan fingerprint density at radius 3 is 2.59 bits per heavy atom. The fraction of sp³-hybridized carbons (Fsp3) is 0.235. The summed E-state index contributed by atoms with van der Waals surface area (Å²) in [7, 11) is 1.62. The van der Waals surface area contributed by atoms with E-state index >= 15 is 0 Å². The standard InChI is InChI=1S/C17H19BrN2O2/c1-4-22-16-10-13(9-15(18)17(16)21-3)11-19-20-14-7-5-12(2)6-8-14/h5-11,20H,4H2,1-3H3/b19-11+. The lowest BCUT2D eigenvalue weighted by atomic mass is 10.2. The summed E-state index contributed by atoms with van der Waals surface area (Å²) in [4.78, 5) is 0. The summed E-state index contributed by atoms with van der Waals surface area (Å²) < 4.78 is 11.8. The highest BCUT2D eigenvalue weighted by Crippen LogP contribution is 2.36. The van der Waals surface area contributed by atoms with Gasteiger partial charge in [-0.2, -0.15) is 5.10 Å². The first-order valence-electron chi connectivity index (χ1n) is 7.00. The molecule has 0 heterocycles. The van der Waals surface area contributed by atoms with Crippen molar-refractivity contribution in [2.24, 2.45) is 5.10 Å². The molecular weight excluding hydrogens is 344 g/mol. The highest BCUT2D eigenvalue weighted by atomic mass is 79.9. The molecule has 2 rings (SSSR count). The summed E-state index contributed by atoms with van der Waals surface area (Å²) in [6.07, 6.45) is 1.74. The Hall–Kier alpha value is -2.01. The molecule has 0 aliphatic heterocycles. The van der Waals surface area contributed by atoms with E-state index in [2.05, 4.69) is 33.4 Å². The average molecular weight is 363 g/mol. The fourth-order valence-electron chi connectivity index (χ4n) is 1.93. The van der Waals surface area contributed by atoms with Crippen molar-refractivity contribution in [1.82, 2.24) is 0 Å². The van der Waals surface area contributed by atoms with E-state index in [1.165, 1.54) is 5.56 Å². The second-order valence-corrected chi connectivity index (χ2v) is 5.56. The van der Waals surface area contributed by atoms with E-state index in [0.717, 1.165) is 15.7 Å². The number of anilines is 1. The minimum absolute atomic E-state index is 0.574. The highest BCUT2D eigenvalue weighted by molar-refractivity contribution is 9.10. The van der Waals surface area contributed by atoms with Crippen LogP contribution in [0.1, 0.15) is 18.1 Å². The largest absolute Gasteiger partial charge is 0.492 e. The Labute approximate surface area is 139 Å². The molecule has 22 heavy (non-hydrogen) atoms. The van der Waals surface area contributed by atoms with Crippen molar-refractivity contribution in [3.8, 4) is 11.5 Å². The molecule has 0 saturated heterocycles. The maximum atomic E-state index is 5.59. The van der Waals surface area contributed by atoms with Gasteiger partial charge < -0.3 is 9.47 Å². The van der Waals surface area contributed by atoms with E-state index < -0.39 is 0 Å². The summed E-state index contributed by atoms with van der Waals surface area (Å²) >= 11 is 3.49. The number of rotatable bonds is 6. The van der Waals surface area contributed by atoms with Gasteiger partial charge in [0.15, 0.2) is 11.5 Å². The molecule has 0 atom stereocenters. The zero-order chi connectivity index (χ0) is 15.9. The molecule has 1 N–H and O–H groups in total. The molecule has 0 unspecified atom stereocenters. The number of aryl methyl sites for hydroxylation is 1. The summed E-state index contributed by atoms with van der Waals surface area (Å²) in [5.41, 5.74) is 6.08. The lowest BCUT2D eigenvalue weighted by molar-refractivity contribution is 0.310. The highest BCUT2D eigenvalue weighted by Gasteiger charge is 2.10. The summed E-state index contributed by atoms with van der Waals surface area (Å²) in [6, 6.07) is 11.9. The number of hydrazone groups is 1. The van der Waals surface area contributed by atoms with Crippen LogP contribution in [0.4, 0.5) is 5.69 Å². The van der Waals surface area contributed by atoms with Crippen molar-refractivity contribution in [2.75, 3.05) is 19.1 Å². The van der Waals surface area contributed by atoms with Crippen LogP contribution in [-0.2, 0) is 0 Å². The van der Waals surface area contributed by atoms with Gasteiger partial charge in [-0.15, -0.1) is 0 Å². The van der Waals surface area contributed by atoms with Gasteiger partial charge in [-0.3, -0.25) is 5.43 Å². The average Bonchev–Trinajstić information content (AvgIpc) is 2.49. The monoisotopic (exact) mass is 362 g/mol. The first-order chi connectivity index (χ1) is 10.6. The summed E-state index contributed by atoms with van der Waals surface area (Å²) in [6.45, 7) is 4.56. The van der Waals surface area contributed by atoms with Gasteiger partial charge in [0.1, 0.15) is 0 Å². The molecule has 0 aliphatic carbocycles. The molecule has 0 aliphatic rings. The quantitative estimate of drug-likeness (QED) is 0.602. The minimum atomic E-state index is 0.574. The summed E-state index contributed by atoms with van der Waals surface area (Å²) in [5, 5.41) is 4.25. The zero-order valence-electron chi connectivity index (χ0n) is 12.9. The van der Waals surface area contributed by atoms with Crippen LogP contribution in [0.5, 0.6) is 11.5 Å². The molecular formula is C17H19BrN2O2. The van der Waals surface area contributed by atoms with Gasteiger partial charge in [-0.1, -0.05) is 17.7 Å². The van der Waals surface area contributed by atoms with E-state index in [9.17, 15) is 0 Å². The van der Waals surface area contributed by atoms with Crippen molar-refractivity contribution >= 4 is 27.8 Å².